The van der Waals surface area contributed by atoms with Crippen molar-refractivity contribution in [3.63, 3.8) is 0 Å². The molecule has 0 aliphatic heterocycles. The maximum absolute atomic E-state index is 6.47. The second kappa shape index (κ2) is 5.06. The van der Waals surface area contributed by atoms with Gasteiger partial charge in [-0.1, -0.05) is 42.5 Å². The van der Waals surface area contributed by atoms with E-state index < -0.39 is 0 Å². The quantitative estimate of drug-likeness (QED) is 0.906. The number of ether oxygens (including phenoxy) is 1. The van der Waals surface area contributed by atoms with Crippen molar-refractivity contribution in [3.05, 3.63) is 65.2 Å². The van der Waals surface area contributed by atoms with Gasteiger partial charge in [0.15, 0.2) is 0 Å². The zero-order valence-electron chi connectivity index (χ0n) is 11.2. The topological polar surface area (TPSA) is 35.2 Å². The molecule has 2 aromatic carbocycles. The molecule has 0 aromatic heterocycles. The first kappa shape index (κ1) is 12.2. The van der Waals surface area contributed by atoms with Gasteiger partial charge in [0.25, 0.3) is 0 Å². The number of hydrogen-bond acceptors (Lipinski definition) is 2. The van der Waals surface area contributed by atoms with Crippen LogP contribution in [0.1, 0.15) is 35.6 Å². The van der Waals surface area contributed by atoms with Crippen LogP contribution in [0.25, 0.3) is 0 Å². The molecule has 2 N–H and O–H groups in total. The third kappa shape index (κ3) is 2.13. The van der Waals surface area contributed by atoms with Crippen LogP contribution in [0.4, 0.5) is 0 Å². The van der Waals surface area contributed by atoms with Gasteiger partial charge in [0.05, 0.1) is 6.61 Å². The van der Waals surface area contributed by atoms with Gasteiger partial charge >= 0.3 is 0 Å². The molecule has 0 heterocycles. The first-order valence-electron chi connectivity index (χ1n) is 6.86. The average Bonchev–Trinajstić information content (AvgIpc) is 2.41. The van der Waals surface area contributed by atoms with Crippen molar-refractivity contribution in [2.24, 2.45) is 5.73 Å². The Morgan fingerprint density at radius 1 is 1.16 bits per heavy atom. The van der Waals surface area contributed by atoms with Crippen LogP contribution in [0.5, 0.6) is 5.75 Å². The third-order valence-electron chi connectivity index (χ3n) is 3.91. The fourth-order valence-electron chi connectivity index (χ4n) is 2.88. The smallest absolute Gasteiger partial charge is 0.124 e. The van der Waals surface area contributed by atoms with E-state index in [9.17, 15) is 0 Å². The predicted octanol–water partition coefficient (Wildman–Crippen LogP) is 3.43. The molecule has 0 fully saturated rings. The highest BCUT2D eigenvalue weighted by atomic mass is 16.5. The van der Waals surface area contributed by atoms with E-state index in [-0.39, 0.29) is 6.04 Å². The summed E-state index contributed by atoms with van der Waals surface area (Å²) in [5, 5.41) is 0. The molecule has 19 heavy (non-hydrogen) atoms. The van der Waals surface area contributed by atoms with Gasteiger partial charge in [0, 0.05) is 17.5 Å². The van der Waals surface area contributed by atoms with Gasteiger partial charge in [-0.25, -0.2) is 0 Å². The fraction of sp³-hybridized carbons (Fsp3) is 0.294. The molecule has 1 aliphatic rings. The van der Waals surface area contributed by atoms with Crippen LogP contribution in [0.15, 0.2) is 48.5 Å². The summed E-state index contributed by atoms with van der Waals surface area (Å²) in [4.78, 5) is 0. The summed E-state index contributed by atoms with van der Waals surface area (Å²) in [5.41, 5.74) is 10.4. The number of rotatable bonds is 4. The minimum absolute atomic E-state index is 0.0117. The summed E-state index contributed by atoms with van der Waals surface area (Å²) in [6.45, 7) is 2.67. The number of benzene rings is 2. The second-order valence-corrected chi connectivity index (χ2v) is 5.01. The number of fused-ring (bicyclic) bond motifs is 1. The van der Waals surface area contributed by atoms with Crippen molar-refractivity contribution < 1.29 is 4.74 Å². The van der Waals surface area contributed by atoms with E-state index in [0.717, 1.165) is 17.7 Å². The van der Waals surface area contributed by atoms with Crippen LogP contribution in [0, 0.1) is 0 Å². The van der Waals surface area contributed by atoms with E-state index in [1.807, 2.05) is 25.1 Å². The Balaban J connectivity index is 1.88. The van der Waals surface area contributed by atoms with Gasteiger partial charge in [-0.2, -0.15) is 0 Å². The van der Waals surface area contributed by atoms with Crippen LogP contribution < -0.4 is 10.5 Å². The molecule has 0 bridgehead atoms. The largest absolute Gasteiger partial charge is 0.494 e. The van der Waals surface area contributed by atoms with Gasteiger partial charge in [0.1, 0.15) is 5.75 Å². The van der Waals surface area contributed by atoms with Crippen molar-refractivity contribution >= 4 is 0 Å². The van der Waals surface area contributed by atoms with Crippen LogP contribution >= 0.6 is 0 Å². The maximum atomic E-state index is 6.47. The molecule has 2 atom stereocenters. The van der Waals surface area contributed by atoms with Gasteiger partial charge in [0.2, 0.25) is 0 Å². The van der Waals surface area contributed by atoms with Crippen molar-refractivity contribution in [1.29, 1.82) is 0 Å². The first-order chi connectivity index (χ1) is 9.31. The van der Waals surface area contributed by atoms with E-state index in [1.54, 1.807) is 0 Å². The van der Waals surface area contributed by atoms with Gasteiger partial charge < -0.3 is 10.5 Å². The van der Waals surface area contributed by atoms with Crippen molar-refractivity contribution in [3.8, 4) is 5.75 Å². The summed E-state index contributed by atoms with van der Waals surface area (Å²) in [5.74, 6) is 1.33. The second-order valence-electron chi connectivity index (χ2n) is 5.01. The molecule has 0 radical (unpaired) electrons. The van der Waals surface area contributed by atoms with Crippen molar-refractivity contribution in [2.75, 3.05) is 6.61 Å². The summed E-state index contributed by atoms with van der Waals surface area (Å²) in [6.07, 6.45) is 1.07. The molecule has 0 saturated heterocycles. The summed E-state index contributed by atoms with van der Waals surface area (Å²) < 4.78 is 5.68. The molecular formula is C17H19NO. The molecule has 2 nitrogen and oxygen atoms in total. The molecule has 98 valence electrons. The Kier molecular flexibility index (Phi) is 3.26. The summed E-state index contributed by atoms with van der Waals surface area (Å²) >= 11 is 0. The Morgan fingerprint density at radius 3 is 2.68 bits per heavy atom. The zero-order chi connectivity index (χ0) is 13.2. The Labute approximate surface area is 114 Å². The van der Waals surface area contributed by atoms with Gasteiger partial charge in [-0.3, -0.25) is 0 Å². The van der Waals surface area contributed by atoms with Gasteiger partial charge in [-0.05, 0) is 30.5 Å². The van der Waals surface area contributed by atoms with Crippen LogP contribution in [0.3, 0.4) is 0 Å². The van der Waals surface area contributed by atoms with E-state index in [2.05, 4.69) is 30.3 Å². The van der Waals surface area contributed by atoms with Crippen LogP contribution in [-0.4, -0.2) is 6.61 Å². The highest BCUT2D eigenvalue weighted by molar-refractivity contribution is 5.45. The third-order valence-corrected chi connectivity index (χ3v) is 3.91. The molecule has 2 unspecified atom stereocenters. The monoisotopic (exact) mass is 253 g/mol. The number of nitrogens with two attached hydrogens (primary N) is 1. The molecule has 1 aliphatic carbocycles. The molecular weight excluding hydrogens is 234 g/mol. The maximum Gasteiger partial charge on any atom is 0.124 e. The standard InChI is InChI=1S/C17H19NO/c1-2-19-16-10-6-5-9-14(16)17(18)15-11-12-7-3-4-8-13(12)15/h3-10,15,17H,2,11,18H2,1H3. The molecule has 2 heteroatoms. The SMILES string of the molecule is CCOc1ccccc1C(N)C1Cc2ccccc21. The Bertz CT molecular complexity index is 579. The highest BCUT2D eigenvalue weighted by Crippen LogP contribution is 2.44. The lowest BCUT2D eigenvalue weighted by Crippen LogP contribution is -2.29. The molecule has 0 spiro atoms. The Morgan fingerprint density at radius 2 is 1.89 bits per heavy atom. The van der Waals surface area contributed by atoms with Crippen LogP contribution in [0.2, 0.25) is 0 Å². The number of hydrogen-bond donors (Lipinski definition) is 1. The summed E-state index contributed by atoms with van der Waals surface area (Å²) in [6, 6.07) is 16.7. The van der Waals surface area contributed by atoms with Crippen molar-refractivity contribution in [1.82, 2.24) is 0 Å². The number of para-hydroxylation sites is 1. The van der Waals surface area contributed by atoms with E-state index in [1.165, 1.54) is 11.1 Å². The zero-order valence-corrected chi connectivity index (χ0v) is 11.2. The molecule has 3 rings (SSSR count). The van der Waals surface area contributed by atoms with E-state index in [4.69, 9.17) is 10.5 Å². The lowest BCUT2D eigenvalue weighted by Gasteiger charge is -2.35. The summed E-state index contributed by atoms with van der Waals surface area (Å²) in [7, 11) is 0. The molecule has 0 amide bonds. The Hall–Kier alpha value is -1.80. The normalized spacial score (nSPS) is 18.3. The highest BCUT2D eigenvalue weighted by Gasteiger charge is 2.32. The van der Waals surface area contributed by atoms with Crippen LogP contribution in [-0.2, 0) is 6.42 Å². The average molecular weight is 253 g/mol. The van der Waals surface area contributed by atoms with E-state index >= 15 is 0 Å². The minimum Gasteiger partial charge on any atom is -0.494 e. The van der Waals surface area contributed by atoms with Crippen molar-refractivity contribution in [2.45, 2.75) is 25.3 Å². The van der Waals surface area contributed by atoms with E-state index in [0.29, 0.717) is 12.5 Å². The lowest BCUT2D eigenvalue weighted by molar-refractivity contribution is 0.330. The molecule has 2 aromatic rings. The fourth-order valence-corrected chi connectivity index (χ4v) is 2.88. The first-order valence-corrected chi connectivity index (χ1v) is 6.86. The molecule has 0 saturated carbocycles. The predicted molar refractivity (Wildman–Crippen MR) is 77.4 cm³/mol. The van der Waals surface area contributed by atoms with Gasteiger partial charge in [-0.15, -0.1) is 0 Å². The minimum atomic E-state index is 0.0117. The lowest BCUT2D eigenvalue weighted by atomic mass is 9.72.